The normalized spacial score (nSPS) is 15.6. The molecule has 4 rings (SSSR count). The van der Waals surface area contributed by atoms with Gasteiger partial charge in [-0.1, -0.05) is 35.9 Å². The quantitative estimate of drug-likeness (QED) is 0.552. The average molecular weight is 395 g/mol. The first-order valence-corrected chi connectivity index (χ1v) is 10.1. The van der Waals surface area contributed by atoms with Crippen LogP contribution in [-0.4, -0.2) is 41.9 Å². The number of benzene rings is 2. The zero-order chi connectivity index (χ0) is 19.3. The number of piperidine rings is 1. The highest BCUT2D eigenvalue weighted by Gasteiger charge is 2.20. The third-order valence-electron chi connectivity index (χ3n) is 5.24. The van der Waals surface area contributed by atoms with Crippen molar-refractivity contribution >= 4 is 28.8 Å². The summed E-state index contributed by atoms with van der Waals surface area (Å²) in [4.78, 5) is 17.2. The first kappa shape index (κ1) is 18.9. The summed E-state index contributed by atoms with van der Waals surface area (Å²) < 4.78 is 6.16. The molecule has 1 aromatic heterocycles. The fourth-order valence-electron chi connectivity index (χ4n) is 3.68. The second-order valence-electron chi connectivity index (χ2n) is 7.20. The smallest absolute Gasteiger partial charge is 0.121 e. The molecule has 1 saturated heterocycles. The lowest BCUT2D eigenvalue weighted by atomic mass is 10.0. The van der Waals surface area contributed by atoms with E-state index in [9.17, 15) is 4.79 Å². The van der Waals surface area contributed by atoms with Crippen molar-refractivity contribution < 1.29 is 9.53 Å². The van der Waals surface area contributed by atoms with Gasteiger partial charge in [0.25, 0.3) is 0 Å². The van der Waals surface area contributed by atoms with Crippen LogP contribution in [0.4, 0.5) is 0 Å². The lowest BCUT2D eigenvalue weighted by Crippen LogP contribution is -2.38. The van der Waals surface area contributed by atoms with E-state index in [0.29, 0.717) is 11.4 Å². The summed E-state index contributed by atoms with van der Waals surface area (Å²) in [6.45, 7) is 2.84. The van der Waals surface area contributed by atoms with Crippen molar-refractivity contribution in [1.29, 1.82) is 0 Å². The molecule has 3 aromatic rings. The van der Waals surface area contributed by atoms with Crippen LogP contribution in [0.1, 0.15) is 19.3 Å². The first-order valence-electron chi connectivity index (χ1n) is 9.70. The molecule has 0 atom stereocenters. The first-order chi connectivity index (χ1) is 13.7. The molecule has 144 valence electrons. The standard InChI is InChI=1S/C23H23ClN2O2/c24-20-14-19-3-2-18(15-23(19)25-16-20)17-4-6-21(7-5-17)28-22-8-11-26(12-9-22)10-1-13-27/h2-7,13-16,22H,1,8-12H2. The Morgan fingerprint density at radius 3 is 2.57 bits per heavy atom. The molecule has 1 aliphatic heterocycles. The number of hydrogen-bond acceptors (Lipinski definition) is 4. The number of hydrogen-bond donors (Lipinski definition) is 0. The third-order valence-corrected chi connectivity index (χ3v) is 5.45. The number of likely N-dealkylation sites (tertiary alicyclic amines) is 1. The van der Waals surface area contributed by atoms with E-state index in [0.717, 1.165) is 66.5 Å². The molecule has 28 heavy (non-hydrogen) atoms. The zero-order valence-corrected chi connectivity index (χ0v) is 16.4. The van der Waals surface area contributed by atoms with Crippen molar-refractivity contribution in [3.63, 3.8) is 0 Å². The van der Waals surface area contributed by atoms with Crippen LogP contribution in [0, 0.1) is 0 Å². The highest BCUT2D eigenvalue weighted by atomic mass is 35.5. The Balaban J connectivity index is 1.39. The molecule has 1 fully saturated rings. The third kappa shape index (κ3) is 4.51. The summed E-state index contributed by atoms with van der Waals surface area (Å²) >= 11 is 6.01. The van der Waals surface area contributed by atoms with Crippen LogP contribution in [0.5, 0.6) is 5.75 Å². The Kier molecular flexibility index (Phi) is 5.89. The van der Waals surface area contributed by atoms with Gasteiger partial charge in [-0.2, -0.15) is 0 Å². The number of rotatable bonds is 6. The molecule has 0 spiro atoms. The van der Waals surface area contributed by atoms with Gasteiger partial charge in [-0.3, -0.25) is 4.98 Å². The number of fused-ring (bicyclic) bond motifs is 1. The summed E-state index contributed by atoms with van der Waals surface area (Å²) in [7, 11) is 0. The van der Waals surface area contributed by atoms with E-state index in [2.05, 4.69) is 34.1 Å². The van der Waals surface area contributed by atoms with E-state index < -0.39 is 0 Å². The number of carbonyl (C=O) groups excluding carboxylic acids is 1. The summed E-state index contributed by atoms with van der Waals surface area (Å²) in [6.07, 6.45) is 5.52. The summed E-state index contributed by atoms with van der Waals surface area (Å²) in [5, 5.41) is 1.69. The number of nitrogens with zero attached hydrogens (tertiary/aromatic N) is 2. The molecule has 5 heteroatoms. The van der Waals surface area contributed by atoms with Crippen molar-refractivity contribution in [1.82, 2.24) is 9.88 Å². The minimum atomic E-state index is 0.243. The largest absolute Gasteiger partial charge is 0.490 e. The van der Waals surface area contributed by atoms with Crippen LogP contribution in [0.3, 0.4) is 0 Å². The van der Waals surface area contributed by atoms with Crippen LogP contribution in [0.15, 0.2) is 54.7 Å². The van der Waals surface area contributed by atoms with Crippen LogP contribution < -0.4 is 4.74 Å². The van der Waals surface area contributed by atoms with Gasteiger partial charge in [0, 0.05) is 37.6 Å². The molecule has 0 N–H and O–H groups in total. The molecule has 2 aromatic carbocycles. The predicted molar refractivity (Wildman–Crippen MR) is 113 cm³/mol. The Bertz CT molecular complexity index is 950. The van der Waals surface area contributed by atoms with Gasteiger partial charge in [0.05, 0.1) is 10.5 Å². The van der Waals surface area contributed by atoms with Gasteiger partial charge in [0.15, 0.2) is 0 Å². The monoisotopic (exact) mass is 394 g/mol. The minimum Gasteiger partial charge on any atom is -0.490 e. The fourth-order valence-corrected chi connectivity index (χ4v) is 3.84. The highest BCUT2D eigenvalue weighted by Crippen LogP contribution is 2.27. The maximum atomic E-state index is 10.5. The number of carbonyl (C=O) groups is 1. The molecule has 0 saturated carbocycles. The Labute approximate surface area is 170 Å². The van der Waals surface area contributed by atoms with E-state index >= 15 is 0 Å². The van der Waals surface area contributed by atoms with Crippen molar-refractivity contribution in [3.05, 3.63) is 59.8 Å². The molecule has 2 heterocycles. The Morgan fingerprint density at radius 1 is 1.07 bits per heavy atom. The maximum absolute atomic E-state index is 10.5. The topological polar surface area (TPSA) is 42.4 Å². The molecule has 0 aliphatic carbocycles. The van der Waals surface area contributed by atoms with Crippen LogP contribution >= 0.6 is 11.6 Å². The van der Waals surface area contributed by atoms with Crippen molar-refractivity contribution in [2.24, 2.45) is 0 Å². The average Bonchev–Trinajstić information content (AvgIpc) is 2.73. The van der Waals surface area contributed by atoms with E-state index in [-0.39, 0.29) is 6.10 Å². The lowest BCUT2D eigenvalue weighted by Gasteiger charge is -2.31. The molecule has 4 nitrogen and oxygen atoms in total. The molecule has 0 amide bonds. The van der Waals surface area contributed by atoms with Crippen LogP contribution in [-0.2, 0) is 4.79 Å². The van der Waals surface area contributed by atoms with E-state index in [1.807, 2.05) is 24.3 Å². The summed E-state index contributed by atoms with van der Waals surface area (Å²) in [6, 6.07) is 16.4. The second kappa shape index (κ2) is 8.72. The van der Waals surface area contributed by atoms with Gasteiger partial charge in [-0.25, -0.2) is 0 Å². The van der Waals surface area contributed by atoms with E-state index in [4.69, 9.17) is 16.3 Å². The van der Waals surface area contributed by atoms with Gasteiger partial charge in [0.1, 0.15) is 18.1 Å². The van der Waals surface area contributed by atoms with Gasteiger partial charge in [-0.05, 0) is 48.2 Å². The Hall–Kier alpha value is -2.43. The van der Waals surface area contributed by atoms with E-state index in [1.165, 1.54) is 0 Å². The van der Waals surface area contributed by atoms with Gasteiger partial charge in [0.2, 0.25) is 0 Å². The number of aromatic nitrogens is 1. The lowest BCUT2D eigenvalue weighted by molar-refractivity contribution is -0.108. The minimum absolute atomic E-state index is 0.243. The Morgan fingerprint density at radius 2 is 1.82 bits per heavy atom. The highest BCUT2D eigenvalue weighted by molar-refractivity contribution is 6.31. The molecular formula is C23H23ClN2O2. The van der Waals surface area contributed by atoms with E-state index in [1.54, 1.807) is 6.20 Å². The maximum Gasteiger partial charge on any atom is 0.121 e. The predicted octanol–water partition coefficient (Wildman–Crippen LogP) is 4.99. The van der Waals surface area contributed by atoms with Gasteiger partial charge < -0.3 is 14.4 Å². The SMILES string of the molecule is O=CCCN1CCC(Oc2ccc(-c3ccc4cc(Cl)cnc4c3)cc2)CC1. The summed E-state index contributed by atoms with van der Waals surface area (Å²) in [5.41, 5.74) is 3.19. The molecular weight excluding hydrogens is 372 g/mol. The molecule has 0 bridgehead atoms. The van der Waals surface area contributed by atoms with Gasteiger partial charge in [-0.15, -0.1) is 0 Å². The number of ether oxygens (including phenoxy) is 1. The van der Waals surface area contributed by atoms with Crippen molar-refractivity contribution in [2.75, 3.05) is 19.6 Å². The second-order valence-corrected chi connectivity index (χ2v) is 7.64. The fraction of sp³-hybridized carbons (Fsp3) is 0.304. The van der Waals surface area contributed by atoms with Crippen LogP contribution in [0.2, 0.25) is 5.02 Å². The van der Waals surface area contributed by atoms with Crippen LogP contribution in [0.25, 0.3) is 22.0 Å². The number of aldehydes is 1. The van der Waals surface area contributed by atoms with Gasteiger partial charge >= 0.3 is 0 Å². The molecule has 0 radical (unpaired) electrons. The number of halogens is 1. The molecule has 1 aliphatic rings. The summed E-state index contributed by atoms with van der Waals surface area (Å²) in [5.74, 6) is 0.904. The zero-order valence-electron chi connectivity index (χ0n) is 15.7. The number of pyridine rings is 1. The molecule has 0 unspecified atom stereocenters. The van der Waals surface area contributed by atoms with Crippen molar-refractivity contribution in [2.45, 2.75) is 25.4 Å². The van der Waals surface area contributed by atoms with Crippen molar-refractivity contribution in [3.8, 4) is 16.9 Å².